The molecule has 2 aromatic rings. The minimum absolute atomic E-state index is 0.254. The predicted molar refractivity (Wildman–Crippen MR) is 82.6 cm³/mol. The fraction of sp³-hybridized carbons (Fsp3) is 0.294. The average molecular weight is 288 g/mol. The summed E-state index contributed by atoms with van der Waals surface area (Å²) < 4.78 is 5.81. The maximum atomic E-state index is 5.94. The SMILES string of the molecule is CNC(Cc1ccc(Cl)cc1)c1cccc2c1OCC2. The Morgan fingerprint density at radius 1 is 1.20 bits per heavy atom. The number of fused-ring (bicyclic) bond motifs is 1. The van der Waals surface area contributed by atoms with Crippen molar-refractivity contribution in [2.45, 2.75) is 18.9 Å². The van der Waals surface area contributed by atoms with Crippen molar-refractivity contribution in [2.75, 3.05) is 13.7 Å². The number of ether oxygens (including phenoxy) is 1. The monoisotopic (exact) mass is 287 g/mol. The Kier molecular flexibility index (Phi) is 3.95. The molecule has 0 spiro atoms. The summed E-state index contributed by atoms with van der Waals surface area (Å²) in [5, 5.41) is 4.17. The number of hydrogen-bond acceptors (Lipinski definition) is 2. The van der Waals surface area contributed by atoms with Crippen molar-refractivity contribution in [3.05, 3.63) is 64.2 Å². The third-order valence-electron chi connectivity index (χ3n) is 3.82. The van der Waals surface area contributed by atoms with Gasteiger partial charge in [0.2, 0.25) is 0 Å². The molecule has 0 amide bonds. The van der Waals surface area contributed by atoms with Gasteiger partial charge >= 0.3 is 0 Å². The predicted octanol–water partition coefficient (Wildman–Crippen LogP) is 3.78. The van der Waals surface area contributed by atoms with Gasteiger partial charge in [0, 0.05) is 23.0 Å². The molecule has 1 N–H and O–H groups in total. The standard InChI is InChI=1S/C17H18ClNO/c1-19-16(11-12-5-7-14(18)8-6-12)15-4-2-3-13-9-10-20-17(13)15/h2-8,16,19H,9-11H2,1H3. The maximum Gasteiger partial charge on any atom is 0.127 e. The number of nitrogens with one attached hydrogen (secondary N) is 1. The van der Waals surface area contributed by atoms with Crippen LogP contribution in [0, 0.1) is 0 Å². The van der Waals surface area contributed by atoms with Crippen LogP contribution in [-0.4, -0.2) is 13.7 Å². The third kappa shape index (κ3) is 2.67. The topological polar surface area (TPSA) is 21.3 Å². The van der Waals surface area contributed by atoms with E-state index in [4.69, 9.17) is 16.3 Å². The van der Waals surface area contributed by atoms with Crippen LogP contribution in [0.3, 0.4) is 0 Å². The van der Waals surface area contributed by atoms with Gasteiger partial charge in [0.05, 0.1) is 6.61 Å². The highest BCUT2D eigenvalue weighted by Gasteiger charge is 2.21. The molecule has 104 valence electrons. The zero-order valence-corrected chi connectivity index (χ0v) is 12.3. The molecule has 0 bridgehead atoms. The number of para-hydroxylation sites is 1. The Morgan fingerprint density at radius 2 is 2.00 bits per heavy atom. The van der Waals surface area contributed by atoms with Gasteiger partial charge in [-0.05, 0) is 36.7 Å². The molecule has 0 aromatic heterocycles. The molecule has 1 aliphatic rings. The number of benzene rings is 2. The first-order valence-electron chi connectivity index (χ1n) is 6.94. The molecule has 0 saturated heterocycles. The molecule has 1 atom stereocenters. The Labute approximate surface area is 124 Å². The molecule has 3 heteroatoms. The fourth-order valence-electron chi connectivity index (χ4n) is 2.74. The summed E-state index contributed by atoms with van der Waals surface area (Å²) in [5.74, 6) is 1.07. The van der Waals surface area contributed by atoms with Gasteiger partial charge in [-0.3, -0.25) is 0 Å². The lowest BCUT2D eigenvalue weighted by atomic mass is 9.96. The van der Waals surface area contributed by atoms with Gasteiger partial charge < -0.3 is 10.1 Å². The lowest BCUT2D eigenvalue weighted by Gasteiger charge is -2.19. The highest BCUT2D eigenvalue weighted by atomic mass is 35.5. The van der Waals surface area contributed by atoms with Gasteiger partial charge in [-0.25, -0.2) is 0 Å². The van der Waals surface area contributed by atoms with Crippen molar-refractivity contribution < 1.29 is 4.74 Å². The van der Waals surface area contributed by atoms with E-state index in [-0.39, 0.29) is 6.04 Å². The van der Waals surface area contributed by atoms with E-state index in [1.165, 1.54) is 16.7 Å². The summed E-state index contributed by atoms with van der Waals surface area (Å²) in [6.45, 7) is 0.795. The van der Waals surface area contributed by atoms with Crippen LogP contribution in [0.1, 0.15) is 22.7 Å². The lowest BCUT2D eigenvalue weighted by molar-refractivity contribution is 0.349. The van der Waals surface area contributed by atoms with Crippen molar-refractivity contribution in [3.8, 4) is 5.75 Å². The first-order chi connectivity index (χ1) is 9.78. The largest absolute Gasteiger partial charge is 0.493 e. The van der Waals surface area contributed by atoms with Gasteiger partial charge in [-0.15, -0.1) is 0 Å². The molecule has 1 unspecified atom stereocenters. The highest BCUT2D eigenvalue weighted by molar-refractivity contribution is 6.30. The van der Waals surface area contributed by atoms with E-state index in [1.54, 1.807) is 0 Å². The van der Waals surface area contributed by atoms with E-state index < -0.39 is 0 Å². The summed E-state index contributed by atoms with van der Waals surface area (Å²) in [6.07, 6.45) is 1.94. The summed E-state index contributed by atoms with van der Waals surface area (Å²) in [6, 6.07) is 14.7. The second-order valence-corrected chi connectivity index (χ2v) is 5.54. The number of halogens is 1. The van der Waals surface area contributed by atoms with Crippen molar-refractivity contribution >= 4 is 11.6 Å². The van der Waals surface area contributed by atoms with Gasteiger partial charge in [-0.2, -0.15) is 0 Å². The molecular formula is C17H18ClNO. The van der Waals surface area contributed by atoms with Crippen LogP contribution in [0.25, 0.3) is 0 Å². The van der Waals surface area contributed by atoms with Crippen LogP contribution >= 0.6 is 11.6 Å². The zero-order valence-electron chi connectivity index (χ0n) is 11.5. The van der Waals surface area contributed by atoms with E-state index in [0.717, 1.165) is 30.2 Å². The third-order valence-corrected chi connectivity index (χ3v) is 4.07. The molecule has 3 rings (SSSR count). The average Bonchev–Trinajstić information content (AvgIpc) is 2.95. The van der Waals surface area contributed by atoms with Crippen LogP contribution in [-0.2, 0) is 12.8 Å². The van der Waals surface area contributed by atoms with Gasteiger partial charge in [0.15, 0.2) is 0 Å². The molecule has 20 heavy (non-hydrogen) atoms. The minimum Gasteiger partial charge on any atom is -0.493 e. The molecule has 0 radical (unpaired) electrons. The first kappa shape index (κ1) is 13.5. The molecule has 1 aliphatic heterocycles. The number of hydrogen-bond donors (Lipinski definition) is 1. The van der Waals surface area contributed by atoms with Gasteiger partial charge in [0.1, 0.15) is 5.75 Å². The molecule has 0 saturated carbocycles. The van der Waals surface area contributed by atoms with Crippen LogP contribution < -0.4 is 10.1 Å². The zero-order chi connectivity index (χ0) is 13.9. The maximum absolute atomic E-state index is 5.94. The smallest absolute Gasteiger partial charge is 0.127 e. The van der Waals surface area contributed by atoms with E-state index in [0.29, 0.717) is 0 Å². The van der Waals surface area contributed by atoms with Crippen LogP contribution in [0.5, 0.6) is 5.75 Å². The fourth-order valence-corrected chi connectivity index (χ4v) is 2.86. The van der Waals surface area contributed by atoms with Crippen LogP contribution in [0.2, 0.25) is 5.02 Å². The van der Waals surface area contributed by atoms with Crippen molar-refractivity contribution in [1.82, 2.24) is 5.32 Å². The van der Waals surface area contributed by atoms with E-state index in [2.05, 4.69) is 35.6 Å². The summed E-state index contributed by atoms with van der Waals surface area (Å²) in [4.78, 5) is 0. The molecular weight excluding hydrogens is 270 g/mol. The molecule has 1 heterocycles. The van der Waals surface area contributed by atoms with Crippen LogP contribution in [0.15, 0.2) is 42.5 Å². The second kappa shape index (κ2) is 5.86. The highest BCUT2D eigenvalue weighted by Crippen LogP contribution is 2.34. The quantitative estimate of drug-likeness (QED) is 0.924. The Morgan fingerprint density at radius 3 is 2.75 bits per heavy atom. The summed E-state index contributed by atoms with van der Waals surface area (Å²) in [5.41, 5.74) is 3.83. The van der Waals surface area contributed by atoms with Gasteiger partial charge in [0.25, 0.3) is 0 Å². The van der Waals surface area contributed by atoms with E-state index in [1.807, 2.05) is 19.2 Å². The Hall–Kier alpha value is -1.51. The van der Waals surface area contributed by atoms with Crippen molar-refractivity contribution in [1.29, 1.82) is 0 Å². The molecule has 2 aromatic carbocycles. The van der Waals surface area contributed by atoms with E-state index >= 15 is 0 Å². The van der Waals surface area contributed by atoms with E-state index in [9.17, 15) is 0 Å². The van der Waals surface area contributed by atoms with Gasteiger partial charge in [-0.1, -0.05) is 41.9 Å². The second-order valence-electron chi connectivity index (χ2n) is 5.11. The normalized spacial score (nSPS) is 14.7. The number of rotatable bonds is 4. The lowest BCUT2D eigenvalue weighted by Crippen LogP contribution is -2.19. The van der Waals surface area contributed by atoms with Crippen molar-refractivity contribution in [2.24, 2.45) is 0 Å². The summed E-state index contributed by atoms with van der Waals surface area (Å²) >= 11 is 5.94. The first-order valence-corrected chi connectivity index (χ1v) is 7.32. The van der Waals surface area contributed by atoms with Crippen molar-refractivity contribution in [3.63, 3.8) is 0 Å². The Bertz CT molecular complexity index is 594. The van der Waals surface area contributed by atoms with Crippen LogP contribution in [0.4, 0.5) is 0 Å². The number of likely N-dealkylation sites (N-methyl/N-ethyl adjacent to an activating group) is 1. The Balaban J connectivity index is 1.87. The molecule has 0 fully saturated rings. The summed E-state index contributed by atoms with van der Waals surface area (Å²) in [7, 11) is 1.99. The molecule has 0 aliphatic carbocycles. The minimum atomic E-state index is 0.254. The molecule has 2 nitrogen and oxygen atoms in total.